The Morgan fingerprint density at radius 2 is 1.80 bits per heavy atom. The summed E-state index contributed by atoms with van der Waals surface area (Å²) in [5, 5.41) is 7.42. The number of hydrogen-bond acceptors (Lipinski definition) is 3. The lowest BCUT2D eigenvalue weighted by Gasteiger charge is -2.17. The summed E-state index contributed by atoms with van der Waals surface area (Å²) < 4.78 is 5.27. The van der Waals surface area contributed by atoms with Crippen molar-refractivity contribution in [1.29, 1.82) is 0 Å². The van der Waals surface area contributed by atoms with Gasteiger partial charge in [0.05, 0.1) is 0 Å². The van der Waals surface area contributed by atoms with Gasteiger partial charge in [0.15, 0.2) is 0 Å². The Bertz CT molecular complexity index is 460. The molecule has 2 fully saturated rings. The minimum Gasteiger partial charge on any atom is -0.481 e. The molecule has 1 amide bonds. The lowest BCUT2D eigenvalue weighted by molar-refractivity contribution is -0.134. The quantitative estimate of drug-likeness (QED) is 0.901. The molecular formula is C15H19NO4. The van der Waals surface area contributed by atoms with Crippen molar-refractivity contribution in [3.8, 4) is 0 Å². The van der Waals surface area contributed by atoms with Crippen LogP contribution >= 0.6 is 0 Å². The zero-order chi connectivity index (χ0) is 14.5. The van der Waals surface area contributed by atoms with Crippen LogP contribution in [0.5, 0.6) is 0 Å². The lowest BCUT2D eigenvalue weighted by Crippen LogP contribution is -2.30. The molecule has 5 nitrogen and oxygen atoms in total. The molecule has 1 N–H and O–H groups in total. The van der Waals surface area contributed by atoms with Gasteiger partial charge >= 0.3 is 6.09 Å². The highest BCUT2D eigenvalue weighted by molar-refractivity contribution is 5.68. The fourth-order valence-corrected chi connectivity index (χ4v) is 2.36. The van der Waals surface area contributed by atoms with Crippen molar-refractivity contribution in [2.75, 3.05) is 13.1 Å². The van der Waals surface area contributed by atoms with Gasteiger partial charge in [-0.3, -0.25) is 4.79 Å². The summed E-state index contributed by atoms with van der Waals surface area (Å²) in [4.78, 5) is 22.5. The summed E-state index contributed by atoms with van der Waals surface area (Å²) in [6.45, 7) is 3.27. The second-order valence-electron chi connectivity index (χ2n) is 5.22. The van der Waals surface area contributed by atoms with E-state index in [0.717, 1.165) is 37.4 Å². The molecule has 108 valence electrons. The third-order valence-electron chi connectivity index (χ3n) is 3.44. The molecule has 1 aliphatic carbocycles. The first-order valence-corrected chi connectivity index (χ1v) is 6.71. The maximum atomic E-state index is 11.7. The average Bonchev–Trinajstić information content (AvgIpc) is 3.03. The number of hydrogen-bond donors (Lipinski definition) is 1. The summed E-state index contributed by atoms with van der Waals surface area (Å²) in [5.41, 5.74) is 1.04. The number of benzene rings is 1. The predicted molar refractivity (Wildman–Crippen MR) is 73.1 cm³/mol. The van der Waals surface area contributed by atoms with Crippen LogP contribution in [0.2, 0.25) is 0 Å². The van der Waals surface area contributed by atoms with Crippen molar-refractivity contribution < 1.29 is 19.4 Å². The first-order chi connectivity index (χ1) is 9.56. The molecule has 3 rings (SSSR count). The van der Waals surface area contributed by atoms with Crippen LogP contribution in [0.25, 0.3) is 0 Å². The van der Waals surface area contributed by atoms with Crippen molar-refractivity contribution in [1.82, 2.24) is 4.90 Å². The normalized spacial score (nSPS) is 22.4. The van der Waals surface area contributed by atoms with E-state index in [1.165, 1.54) is 6.42 Å². The lowest BCUT2D eigenvalue weighted by atomic mass is 10.2. The minimum atomic E-state index is -0.833. The molecule has 0 radical (unpaired) electrons. The minimum absolute atomic E-state index is 0.156. The Kier molecular flexibility index (Phi) is 4.61. The number of carboxylic acids is 1. The first kappa shape index (κ1) is 14.4. The number of carbonyl (C=O) groups is 2. The third-order valence-corrected chi connectivity index (χ3v) is 3.44. The van der Waals surface area contributed by atoms with E-state index in [4.69, 9.17) is 14.6 Å². The summed E-state index contributed by atoms with van der Waals surface area (Å²) >= 11 is 0. The second kappa shape index (κ2) is 6.41. The monoisotopic (exact) mass is 277 g/mol. The maximum absolute atomic E-state index is 11.7. The Labute approximate surface area is 118 Å². The topological polar surface area (TPSA) is 66.8 Å². The Hall–Kier alpha value is -2.04. The Morgan fingerprint density at radius 1 is 1.25 bits per heavy atom. The van der Waals surface area contributed by atoms with Crippen LogP contribution in [-0.2, 0) is 16.1 Å². The molecule has 1 heterocycles. The molecule has 1 aromatic carbocycles. The number of aliphatic carboxylic acids is 1. The van der Waals surface area contributed by atoms with E-state index in [2.05, 4.69) is 0 Å². The molecule has 2 atom stereocenters. The smallest absolute Gasteiger partial charge is 0.410 e. The van der Waals surface area contributed by atoms with Gasteiger partial charge in [0.1, 0.15) is 6.61 Å². The number of nitrogens with zero attached hydrogens (tertiary/aromatic N) is 1. The fraction of sp³-hybridized carbons (Fsp3) is 0.467. The Balaban J connectivity index is 0.000000328. The number of ether oxygens (including phenoxy) is 1. The fourth-order valence-electron chi connectivity index (χ4n) is 2.36. The summed E-state index contributed by atoms with van der Waals surface area (Å²) in [7, 11) is 0. The number of piperidine rings is 1. The molecule has 1 saturated heterocycles. The third kappa shape index (κ3) is 4.26. The summed E-state index contributed by atoms with van der Waals surface area (Å²) in [6, 6.07) is 9.80. The second-order valence-corrected chi connectivity index (χ2v) is 5.22. The highest BCUT2D eigenvalue weighted by Crippen LogP contribution is 2.44. The zero-order valence-electron chi connectivity index (χ0n) is 11.5. The van der Waals surface area contributed by atoms with Crippen LogP contribution < -0.4 is 0 Å². The summed E-state index contributed by atoms with van der Waals surface area (Å²) in [5.74, 6) is 0.702. The van der Waals surface area contributed by atoms with E-state index >= 15 is 0 Å². The predicted octanol–water partition coefficient (Wildman–Crippen LogP) is 2.37. The van der Waals surface area contributed by atoms with Crippen molar-refractivity contribution in [3.05, 3.63) is 35.9 Å². The van der Waals surface area contributed by atoms with Crippen LogP contribution in [0.15, 0.2) is 30.3 Å². The number of amides is 1. The van der Waals surface area contributed by atoms with Gasteiger partial charge in [-0.2, -0.15) is 0 Å². The van der Waals surface area contributed by atoms with Crippen molar-refractivity contribution in [2.24, 2.45) is 11.8 Å². The molecule has 2 unspecified atom stereocenters. The van der Waals surface area contributed by atoms with Crippen LogP contribution in [-0.4, -0.2) is 35.2 Å². The molecule has 2 aliphatic rings. The van der Waals surface area contributed by atoms with Gasteiger partial charge in [-0.05, 0) is 23.8 Å². The Morgan fingerprint density at radius 3 is 2.35 bits per heavy atom. The number of carbonyl (C=O) groups excluding carboxylic acids is 1. The van der Waals surface area contributed by atoms with Crippen LogP contribution in [0.3, 0.4) is 0 Å². The SMILES string of the molecule is CC(=O)O.O=C(OCc1ccccc1)N1CC2CC2C1. The van der Waals surface area contributed by atoms with Gasteiger partial charge < -0.3 is 14.7 Å². The zero-order valence-corrected chi connectivity index (χ0v) is 11.5. The molecule has 0 spiro atoms. The van der Waals surface area contributed by atoms with Crippen LogP contribution in [0, 0.1) is 11.8 Å². The number of rotatable bonds is 2. The van der Waals surface area contributed by atoms with Gasteiger partial charge in [0.2, 0.25) is 0 Å². The summed E-state index contributed by atoms with van der Waals surface area (Å²) in [6.07, 6.45) is 1.15. The van der Waals surface area contributed by atoms with E-state index in [9.17, 15) is 4.79 Å². The van der Waals surface area contributed by atoms with E-state index in [1.807, 2.05) is 35.2 Å². The van der Waals surface area contributed by atoms with Gasteiger partial charge in [-0.1, -0.05) is 30.3 Å². The number of carboxylic acid groups (broad SMARTS) is 1. The maximum Gasteiger partial charge on any atom is 0.410 e. The van der Waals surface area contributed by atoms with E-state index in [1.54, 1.807) is 0 Å². The molecular weight excluding hydrogens is 258 g/mol. The van der Waals surface area contributed by atoms with Gasteiger partial charge in [-0.25, -0.2) is 4.79 Å². The molecule has 5 heteroatoms. The van der Waals surface area contributed by atoms with Crippen molar-refractivity contribution in [2.45, 2.75) is 20.0 Å². The molecule has 1 aliphatic heterocycles. The highest BCUT2D eigenvalue weighted by Gasteiger charge is 2.47. The van der Waals surface area contributed by atoms with Gasteiger partial charge in [0.25, 0.3) is 5.97 Å². The van der Waals surface area contributed by atoms with E-state index < -0.39 is 5.97 Å². The van der Waals surface area contributed by atoms with Gasteiger partial charge in [-0.15, -0.1) is 0 Å². The number of likely N-dealkylation sites (tertiary alicyclic amines) is 1. The molecule has 0 bridgehead atoms. The van der Waals surface area contributed by atoms with Crippen molar-refractivity contribution in [3.63, 3.8) is 0 Å². The average molecular weight is 277 g/mol. The molecule has 1 saturated carbocycles. The molecule has 1 aromatic rings. The largest absolute Gasteiger partial charge is 0.481 e. The van der Waals surface area contributed by atoms with Gasteiger partial charge in [0, 0.05) is 20.0 Å². The van der Waals surface area contributed by atoms with Crippen LogP contribution in [0.1, 0.15) is 18.9 Å². The van der Waals surface area contributed by atoms with E-state index in [0.29, 0.717) is 6.61 Å². The van der Waals surface area contributed by atoms with Crippen molar-refractivity contribution >= 4 is 12.1 Å². The standard InChI is InChI=1S/C13H15NO2.C2H4O2/c15-13(14-7-11-6-12(11)8-14)16-9-10-4-2-1-3-5-10;1-2(3)4/h1-5,11-12H,6-9H2;1H3,(H,3,4). The highest BCUT2D eigenvalue weighted by atomic mass is 16.6. The molecule has 0 aromatic heterocycles. The molecule has 20 heavy (non-hydrogen) atoms. The van der Waals surface area contributed by atoms with Crippen LogP contribution in [0.4, 0.5) is 4.79 Å². The number of fused-ring (bicyclic) bond motifs is 1. The first-order valence-electron chi connectivity index (χ1n) is 6.71. The van der Waals surface area contributed by atoms with E-state index in [-0.39, 0.29) is 6.09 Å².